The van der Waals surface area contributed by atoms with Crippen molar-refractivity contribution in [3.05, 3.63) is 89.6 Å². The first kappa shape index (κ1) is 16.9. The van der Waals surface area contributed by atoms with Crippen LogP contribution in [0.2, 0.25) is 0 Å². The van der Waals surface area contributed by atoms with Crippen molar-refractivity contribution in [1.82, 2.24) is 4.98 Å². The van der Waals surface area contributed by atoms with E-state index in [1.54, 1.807) is 54.7 Å². The van der Waals surface area contributed by atoms with Gasteiger partial charge in [-0.2, -0.15) is 0 Å². The molecule has 0 unspecified atom stereocenters. The van der Waals surface area contributed by atoms with Gasteiger partial charge in [0.05, 0.1) is 5.56 Å². The minimum atomic E-state index is -0.473. The van der Waals surface area contributed by atoms with Gasteiger partial charge < -0.3 is 4.74 Å². The first-order chi connectivity index (χ1) is 12.2. The molecule has 0 aliphatic heterocycles. The molecule has 25 heavy (non-hydrogen) atoms. The van der Waals surface area contributed by atoms with Crippen molar-refractivity contribution in [2.24, 2.45) is 0 Å². The van der Waals surface area contributed by atoms with Gasteiger partial charge in [0.15, 0.2) is 5.78 Å². The van der Waals surface area contributed by atoms with E-state index in [-0.39, 0.29) is 5.78 Å². The Balaban J connectivity index is 1.75. The molecule has 0 atom stereocenters. The Hall–Kier alpha value is -2.92. The van der Waals surface area contributed by atoms with E-state index in [0.717, 1.165) is 0 Å². The monoisotopic (exact) mass is 349 g/mol. The molecule has 0 fully saturated rings. The highest BCUT2D eigenvalue weighted by molar-refractivity contribution is 7.98. The van der Waals surface area contributed by atoms with Crippen LogP contribution < -0.4 is 4.74 Å². The van der Waals surface area contributed by atoms with E-state index >= 15 is 0 Å². The van der Waals surface area contributed by atoms with Crippen LogP contribution >= 0.6 is 11.8 Å². The van der Waals surface area contributed by atoms with Crippen molar-refractivity contribution >= 4 is 23.5 Å². The summed E-state index contributed by atoms with van der Waals surface area (Å²) in [5, 5.41) is 0.614. The van der Waals surface area contributed by atoms with E-state index in [4.69, 9.17) is 4.74 Å². The van der Waals surface area contributed by atoms with Crippen molar-refractivity contribution in [2.75, 3.05) is 6.26 Å². The third-order valence-corrected chi connectivity index (χ3v) is 4.26. The molecular formula is C20H15NO3S. The molecule has 1 heterocycles. The molecule has 2 aromatic carbocycles. The van der Waals surface area contributed by atoms with Gasteiger partial charge in [-0.25, -0.2) is 9.78 Å². The van der Waals surface area contributed by atoms with Crippen LogP contribution in [0.4, 0.5) is 0 Å². The fraction of sp³-hybridized carbons (Fsp3) is 0.0500. The molecule has 3 rings (SSSR count). The third-order valence-electron chi connectivity index (χ3n) is 3.55. The van der Waals surface area contributed by atoms with Crippen LogP contribution in [0.15, 0.2) is 78.0 Å². The molecule has 0 aliphatic carbocycles. The number of nitrogens with zero attached hydrogens (tertiary/aromatic N) is 1. The van der Waals surface area contributed by atoms with Crippen molar-refractivity contribution in [3.63, 3.8) is 0 Å². The number of aromatic nitrogens is 1. The van der Waals surface area contributed by atoms with E-state index in [1.807, 2.05) is 24.5 Å². The van der Waals surface area contributed by atoms with Gasteiger partial charge in [0, 0.05) is 17.3 Å². The lowest BCUT2D eigenvalue weighted by Crippen LogP contribution is -2.10. The number of carbonyl (C=O) groups is 2. The molecule has 1 aromatic heterocycles. The highest BCUT2D eigenvalue weighted by Crippen LogP contribution is 2.20. The van der Waals surface area contributed by atoms with Gasteiger partial charge >= 0.3 is 5.97 Å². The van der Waals surface area contributed by atoms with E-state index in [1.165, 1.54) is 11.8 Å². The molecule has 0 bridgehead atoms. The van der Waals surface area contributed by atoms with E-state index < -0.39 is 5.97 Å². The zero-order chi connectivity index (χ0) is 17.6. The molecule has 0 aliphatic rings. The molecule has 0 saturated heterocycles. The third kappa shape index (κ3) is 3.95. The molecule has 0 N–H and O–H groups in total. The number of thioether (sulfide) groups is 1. The standard InChI is InChI=1S/C20H15NO3S/c1-25-19-17(8-5-13-21-19)20(23)24-16-11-9-15(10-12-16)18(22)14-6-3-2-4-7-14/h2-13H,1H3. The number of esters is 1. The van der Waals surface area contributed by atoms with Gasteiger partial charge in [-0.05, 0) is 42.7 Å². The minimum absolute atomic E-state index is 0.0737. The molecular weight excluding hydrogens is 334 g/mol. The Bertz CT molecular complexity index is 892. The predicted octanol–water partition coefficient (Wildman–Crippen LogP) is 4.25. The molecule has 124 valence electrons. The van der Waals surface area contributed by atoms with Crippen LogP contribution in [0.3, 0.4) is 0 Å². The summed E-state index contributed by atoms with van der Waals surface area (Å²) in [6.45, 7) is 0. The summed E-state index contributed by atoms with van der Waals surface area (Å²) in [6.07, 6.45) is 3.48. The quantitative estimate of drug-likeness (QED) is 0.298. The Morgan fingerprint density at radius 2 is 1.56 bits per heavy atom. The summed E-state index contributed by atoms with van der Waals surface area (Å²) in [5.74, 6) is -0.166. The Morgan fingerprint density at radius 1 is 0.880 bits per heavy atom. The van der Waals surface area contributed by atoms with Gasteiger partial charge in [-0.15, -0.1) is 11.8 Å². The lowest BCUT2D eigenvalue weighted by Gasteiger charge is -2.07. The number of ketones is 1. The second kappa shape index (κ2) is 7.77. The summed E-state index contributed by atoms with van der Waals surface area (Å²) >= 11 is 1.38. The average Bonchev–Trinajstić information content (AvgIpc) is 2.68. The normalized spacial score (nSPS) is 10.3. The van der Waals surface area contributed by atoms with Crippen LogP contribution in [0.5, 0.6) is 5.75 Å². The number of benzene rings is 2. The number of hydrogen-bond acceptors (Lipinski definition) is 5. The summed E-state index contributed by atoms with van der Waals surface area (Å²) in [5.41, 5.74) is 1.57. The first-order valence-electron chi connectivity index (χ1n) is 7.60. The summed E-state index contributed by atoms with van der Waals surface area (Å²) in [7, 11) is 0. The van der Waals surface area contributed by atoms with Crippen LogP contribution in [0.25, 0.3) is 0 Å². The van der Waals surface area contributed by atoms with E-state index in [2.05, 4.69) is 4.98 Å². The van der Waals surface area contributed by atoms with Crippen molar-refractivity contribution in [3.8, 4) is 5.75 Å². The summed E-state index contributed by atoms with van der Waals surface area (Å²) in [4.78, 5) is 28.8. The molecule has 4 nitrogen and oxygen atoms in total. The molecule has 0 amide bonds. The Labute approximate surface area is 149 Å². The average molecular weight is 349 g/mol. The highest BCUT2D eigenvalue weighted by atomic mass is 32.2. The highest BCUT2D eigenvalue weighted by Gasteiger charge is 2.15. The smallest absolute Gasteiger partial charge is 0.346 e. The lowest BCUT2D eigenvalue weighted by atomic mass is 10.0. The van der Waals surface area contributed by atoms with E-state index in [0.29, 0.717) is 27.5 Å². The lowest BCUT2D eigenvalue weighted by molar-refractivity contribution is 0.0730. The second-order valence-electron chi connectivity index (χ2n) is 5.17. The van der Waals surface area contributed by atoms with Crippen LogP contribution in [0.1, 0.15) is 26.3 Å². The zero-order valence-corrected chi connectivity index (χ0v) is 14.3. The Morgan fingerprint density at radius 3 is 2.24 bits per heavy atom. The number of pyridine rings is 1. The van der Waals surface area contributed by atoms with E-state index in [9.17, 15) is 9.59 Å². The summed E-state index contributed by atoms with van der Waals surface area (Å²) in [6, 6.07) is 18.9. The summed E-state index contributed by atoms with van der Waals surface area (Å²) < 4.78 is 5.38. The van der Waals surface area contributed by atoms with Gasteiger partial charge in [0.25, 0.3) is 0 Å². The second-order valence-corrected chi connectivity index (χ2v) is 5.96. The number of hydrogen-bond donors (Lipinski definition) is 0. The van der Waals surface area contributed by atoms with Crippen molar-refractivity contribution in [2.45, 2.75) is 5.03 Å². The molecule has 5 heteroatoms. The maximum Gasteiger partial charge on any atom is 0.346 e. The fourth-order valence-electron chi connectivity index (χ4n) is 2.30. The Kier molecular flexibility index (Phi) is 5.26. The first-order valence-corrected chi connectivity index (χ1v) is 8.82. The van der Waals surface area contributed by atoms with Crippen LogP contribution in [-0.2, 0) is 0 Å². The fourth-order valence-corrected chi connectivity index (χ4v) is 2.84. The molecule has 0 saturated carbocycles. The molecule has 0 radical (unpaired) electrons. The zero-order valence-electron chi connectivity index (χ0n) is 13.5. The predicted molar refractivity (Wildman–Crippen MR) is 97.3 cm³/mol. The maximum atomic E-state index is 12.4. The van der Waals surface area contributed by atoms with Crippen LogP contribution in [0, 0.1) is 0 Å². The molecule has 3 aromatic rings. The SMILES string of the molecule is CSc1ncccc1C(=O)Oc1ccc(C(=O)c2ccccc2)cc1. The van der Waals surface area contributed by atoms with Gasteiger partial charge in [0.2, 0.25) is 0 Å². The van der Waals surface area contributed by atoms with Gasteiger partial charge in [-0.3, -0.25) is 4.79 Å². The van der Waals surface area contributed by atoms with Crippen molar-refractivity contribution < 1.29 is 14.3 Å². The number of rotatable bonds is 5. The number of ether oxygens (including phenoxy) is 1. The van der Waals surface area contributed by atoms with Crippen LogP contribution in [-0.4, -0.2) is 23.0 Å². The number of carbonyl (C=O) groups excluding carboxylic acids is 2. The molecule has 0 spiro atoms. The van der Waals surface area contributed by atoms with Gasteiger partial charge in [-0.1, -0.05) is 30.3 Å². The largest absolute Gasteiger partial charge is 0.423 e. The minimum Gasteiger partial charge on any atom is -0.423 e. The van der Waals surface area contributed by atoms with Crippen molar-refractivity contribution in [1.29, 1.82) is 0 Å². The maximum absolute atomic E-state index is 12.4. The topological polar surface area (TPSA) is 56.3 Å². The van der Waals surface area contributed by atoms with Gasteiger partial charge in [0.1, 0.15) is 10.8 Å².